The molecule has 0 aliphatic rings. The van der Waals surface area contributed by atoms with Crippen LogP contribution in [-0.2, 0) is 13.6 Å². The van der Waals surface area contributed by atoms with E-state index in [9.17, 15) is 0 Å². The van der Waals surface area contributed by atoms with Gasteiger partial charge >= 0.3 is 0 Å². The van der Waals surface area contributed by atoms with Gasteiger partial charge in [0, 0.05) is 35.9 Å². The lowest BCUT2D eigenvalue weighted by molar-refractivity contribution is 0.773. The van der Waals surface area contributed by atoms with Crippen LogP contribution < -0.4 is 5.32 Å². The van der Waals surface area contributed by atoms with Crippen LogP contribution in [0.2, 0.25) is 5.02 Å². The molecule has 0 unspecified atom stereocenters. The molecule has 0 fully saturated rings. The van der Waals surface area contributed by atoms with Gasteiger partial charge in [0.05, 0.1) is 5.69 Å². The second kappa shape index (κ2) is 5.37. The minimum Gasteiger partial charge on any atom is -0.381 e. The largest absolute Gasteiger partial charge is 0.381 e. The van der Waals surface area contributed by atoms with Gasteiger partial charge in [-0.15, -0.1) is 0 Å². The van der Waals surface area contributed by atoms with Crippen LogP contribution >= 0.6 is 11.6 Å². The summed E-state index contributed by atoms with van der Waals surface area (Å²) in [4.78, 5) is 4.49. The van der Waals surface area contributed by atoms with E-state index >= 15 is 0 Å². The Morgan fingerprint density at radius 2 is 2.10 bits per heavy atom. The Morgan fingerprint density at radius 1 is 1.29 bits per heavy atom. The number of anilines is 1. The molecule has 2 heterocycles. The molecule has 3 rings (SSSR count). The van der Waals surface area contributed by atoms with Gasteiger partial charge in [-0.2, -0.15) is 5.10 Å². The quantitative estimate of drug-likeness (QED) is 0.799. The summed E-state index contributed by atoms with van der Waals surface area (Å²) < 4.78 is 1.81. The maximum Gasteiger partial charge on any atom is 0.157 e. The van der Waals surface area contributed by atoms with Crippen LogP contribution in [0.1, 0.15) is 16.8 Å². The third-order valence-corrected chi connectivity index (χ3v) is 4.08. The Bertz CT molecular complexity index is 807. The van der Waals surface area contributed by atoms with Gasteiger partial charge < -0.3 is 5.32 Å². The van der Waals surface area contributed by atoms with Gasteiger partial charge in [0.2, 0.25) is 0 Å². The highest BCUT2D eigenvalue weighted by molar-refractivity contribution is 6.31. The normalized spacial score (nSPS) is 11.0. The van der Waals surface area contributed by atoms with Crippen molar-refractivity contribution in [3.05, 3.63) is 52.3 Å². The number of benzene rings is 1. The first-order chi connectivity index (χ1) is 10.1. The van der Waals surface area contributed by atoms with Crippen molar-refractivity contribution in [3.8, 4) is 0 Å². The van der Waals surface area contributed by atoms with Gasteiger partial charge in [-0.1, -0.05) is 17.7 Å². The molecule has 1 N–H and O–H groups in total. The minimum atomic E-state index is 0.707. The molecular formula is C16H17ClN4. The minimum absolute atomic E-state index is 0.707. The Hall–Kier alpha value is -2.07. The van der Waals surface area contributed by atoms with Crippen molar-refractivity contribution < 1.29 is 0 Å². The molecule has 0 radical (unpaired) electrons. The number of aromatic nitrogens is 3. The fourth-order valence-electron chi connectivity index (χ4n) is 2.44. The fourth-order valence-corrected chi connectivity index (χ4v) is 2.62. The lowest BCUT2D eigenvalue weighted by Crippen LogP contribution is -2.02. The molecule has 0 spiro atoms. The highest BCUT2D eigenvalue weighted by Gasteiger charge is 2.07. The molecule has 0 saturated heterocycles. The molecule has 5 heteroatoms. The van der Waals surface area contributed by atoms with Crippen molar-refractivity contribution in [1.82, 2.24) is 14.8 Å². The highest BCUT2D eigenvalue weighted by Crippen LogP contribution is 2.24. The monoisotopic (exact) mass is 300 g/mol. The summed E-state index contributed by atoms with van der Waals surface area (Å²) in [5, 5.41) is 9.67. The average Bonchev–Trinajstić information content (AvgIpc) is 2.75. The summed E-state index contributed by atoms with van der Waals surface area (Å²) in [7, 11) is 1.91. The first kappa shape index (κ1) is 13.9. The first-order valence-corrected chi connectivity index (χ1v) is 7.21. The molecule has 3 aromatic rings. The summed E-state index contributed by atoms with van der Waals surface area (Å²) in [6.45, 7) is 4.72. The van der Waals surface area contributed by atoms with Crippen LogP contribution in [0.5, 0.6) is 0 Å². The van der Waals surface area contributed by atoms with Crippen LogP contribution in [0.15, 0.2) is 30.5 Å². The van der Waals surface area contributed by atoms with E-state index in [2.05, 4.69) is 21.5 Å². The van der Waals surface area contributed by atoms with Gasteiger partial charge in [-0.3, -0.25) is 4.68 Å². The molecule has 0 bridgehead atoms. The van der Waals surface area contributed by atoms with E-state index in [0.717, 1.165) is 38.6 Å². The number of nitrogens with zero attached hydrogens (tertiary/aromatic N) is 3. The number of fused-ring (bicyclic) bond motifs is 1. The van der Waals surface area contributed by atoms with Crippen molar-refractivity contribution >= 4 is 28.3 Å². The van der Waals surface area contributed by atoms with Crippen molar-refractivity contribution in [2.45, 2.75) is 20.4 Å². The summed E-state index contributed by atoms with van der Waals surface area (Å²) in [5.41, 5.74) is 5.14. The third kappa shape index (κ3) is 2.59. The van der Waals surface area contributed by atoms with E-state index in [0.29, 0.717) is 6.54 Å². The van der Waals surface area contributed by atoms with Crippen LogP contribution in [0.3, 0.4) is 0 Å². The van der Waals surface area contributed by atoms with E-state index in [1.165, 1.54) is 0 Å². The number of nitrogens with one attached hydrogen (secondary N) is 1. The van der Waals surface area contributed by atoms with Crippen molar-refractivity contribution in [3.63, 3.8) is 0 Å². The average molecular weight is 301 g/mol. The number of hydrogen-bond acceptors (Lipinski definition) is 3. The number of hydrogen-bond donors (Lipinski definition) is 1. The van der Waals surface area contributed by atoms with Gasteiger partial charge in [-0.25, -0.2) is 4.98 Å². The topological polar surface area (TPSA) is 42.7 Å². The molecule has 1 aromatic carbocycles. The number of halogens is 1. The molecule has 4 nitrogen and oxygen atoms in total. The molecule has 0 aliphatic carbocycles. The van der Waals surface area contributed by atoms with Crippen LogP contribution in [-0.4, -0.2) is 14.8 Å². The molecule has 0 saturated carbocycles. The highest BCUT2D eigenvalue weighted by atomic mass is 35.5. The standard InChI is InChI=1S/C16H17ClN4/c1-10-14(17)5-4-6-15(10)18-8-12-7-13-11(2)20-21(3)16(13)19-9-12/h4-7,9,18H,8H2,1-3H3. The first-order valence-electron chi connectivity index (χ1n) is 6.83. The number of pyridine rings is 1. The fraction of sp³-hybridized carbons (Fsp3) is 0.250. The maximum absolute atomic E-state index is 6.13. The van der Waals surface area contributed by atoms with Crippen LogP contribution in [0, 0.1) is 13.8 Å². The Kier molecular flexibility index (Phi) is 3.55. The number of aryl methyl sites for hydroxylation is 2. The van der Waals surface area contributed by atoms with Crippen LogP contribution in [0.4, 0.5) is 5.69 Å². The van der Waals surface area contributed by atoms with Crippen molar-refractivity contribution in [2.75, 3.05) is 5.32 Å². The molecule has 21 heavy (non-hydrogen) atoms. The summed E-state index contributed by atoms with van der Waals surface area (Å²) >= 11 is 6.13. The van der Waals surface area contributed by atoms with E-state index in [1.807, 2.05) is 50.0 Å². The van der Waals surface area contributed by atoms with E-state index in [1.54, 1.807) is 0 Å². The van der Waals surface area contributed by atoms with E-state index in [4.69, 9.17) is 11.6 Å². The van der Waals surface area contributed by atoms with Crippen molar-refractivity contribution in [1.29, 1.82) is 0 Å². The second-order valence-corrected chi connectivity index (χ2v) is 5.60. The van der Waals surface area contributed by atoms with Gasteiger partial charge in [-0.05, 0) is 43.2 Å². The second-order valence-electron chi connectivity index (χ2n) is 5.19. The maximum atomic E-state index is 6.13. The summed E-state index contributed by atoms with van der Waals surface area (Å²) in [6.07, 6.45) is 1.89. The van der Waals surface area contributed by atoms with E-state index in [-0.39, 0.29) is 0 Å². The summed E-state index contributed by atoms with van der Waals surface area (Å²) in [5.74, 6) is 0. The van der Waals surface area contributed by atoms with Crippen LogP contribution in [0.25, 0.3) is 11.0 Å². The molecule has 0 amide bonds. The zero-order valence-corrected chi connectivity index (χ0v) is 13.1. The third-order valence-electron chi connectivity index (χ3n) is 3.67. The lowest BCUT2D eigenvalue weighted by Gasteiger charge is -2.10. The van der Waals surface area contributed by atoms with Gasteiger partial charge in [0.15, 0.2) is 5.65 Å². The summed E-state index contributed by atoms with van der Waals surface area (Å²) in [6, 6.07) is 8.01. The predicted octanol–water partition coefficient (Wildman–Crippen LogP) is 3.85. The van der Waals surface area contributed by atoms with Gasteiger partial charge in [0.1, 0.15) is 0 Å². The zero-order valence-electron chi connectivity index (χ0n) is 12.3. The van der Waals surface area contributed by atoms with Gasteiger partial charge in [0.25, 0.3) is 0 Å². The molecule has 2 aromatic heterocycles. The van der Waals surface area contributed by atoms with Crippen molar-refractivity contribution in [2.24, 2.45) is 7.05 Å². The molecular weight excluding hydrogens is 284 g/mol. The Labute approximate surface area is 128 Å². The number of rotatable bonds is 3. The SMILES string of the molecule is Cc1c(Cl)cccc1NCc1cnc2c(c1)c(C)nn2C. The lowest BCUT2D eigenvalue weighted by atomic mass is 10.1. The molecule has 0 aliphatic heterocycles. The smallest absolute Gasteiger partial charge is 0.157 e. The van der Waals surface area contributed by atoms with E-state index < -0.39 is 0 Å². The molecule has 0 atom stereocenters. The predicted molar refractivity (Wildman–Crippen MR) is 86.8 cm³/mol. The Morgan fingerprint density at radius 3 is 2.90 bits per heavy atom. The zero-order chi connectivity index (χ0) is 15.0. The Balaban J connectivity index is 1.85. The molecule has 108 valence electrons.